The first-order valence-corrected chi connectivity index (χ1v) is 6.99. The number of hydrogen-bond donors (Lipinski definition) is 2. The Morgan fingerprint density at radius 2 is 2.05 bits per heavy atom. The van der Waals surface area contributed by atoms with E-state index in [1.54, 1.807) is 0 Å². The summed E-state index contributed by atoms with van der Waals surface area (Å²) in [5, 5.41) is 2.89. The van der Waals surface area contributed by atoms with Gasteiger partial charge in [-0.05, 0) is 38.4 Å². The van der Waals surface area contributed by atoms with Crippen molar-refractivity contribution in [1.29, 1.82) is 0 Å². The first-order valence-electron chi connectivity index (χ1n) is 6.99. The zero-order chi connectivity index (χ0) is 13.9. The summed E-state index contributed by atoms with van der Waals surface area (Å²) < 4.78 is 5.39. The molecule has 0 saturated heterocycles. The molecule has 1 rings (SSSR count). The van der Waals surface area contributed by atoms with E-state index in [-0.39, 0.29) is 5.91 Å². The zero-order valence-corrected chi connectivity index (χ0v) is 11.7. The molecule has 0 aliphatic rings. The van der Waals surface area contributed by atoms with Gasteiger partial charge in [0.25, 0.3) is 0 Å². The first-order chi connectivity index (χ1) is 9.26. The molecule has 0 atom stereocenters. The molecule has 0 fully saturated rings. The molecular formula is C15H24N2O2. The summed E-state index contributed by atoms with van der Waals surface area (Å²) in [6.07, 6.45) is 4.67. The summed E-state index contributed by atoms with van der Waals surface area (Å²) in [6, 6.07) is 7.47. The average Bonchev–Trinajstić information content (AvgIpc) is 2.39. The normalized spacial score (nSPS) is 10.2. The predicted molar refractivity (Wildman–Crippen MR) is 78.4 cm³/mol. The van der Waals surface area contributed by atoms with E-state index < -0.39 is 0 Å². The fraction of sp³-hybridized carbons (Fsp3) is 0.533. The number of rotatable bonds is 9. The van der Waals surface area contributed by atoms with Crippen molar-refractivity contribution in [2.75, 3.05) is 18.5 Å². The van der Waals surface area contributed by atoms with Crippen LogP contribution < -0.4 is 15.8 Å². The van der Waals surface area contributed by atoms with Gasteiger partial charge in [0.2, 0.25) is 5.91 Å². The number of anilines is 1. The largest absolute Gasteiger partial charge is 0.494 e. The molecule has 0 radical (unpaired) electrons. The maximum Gasteiger partial charge on any atom is 0.224 e. The Hall–Kier alpha value is -1.55. The third-order valence-electron chi connectivity index (χ3n) is 2.79. The lowest BCUT2D eigenvalue weighted by Gasteiger charge is -2.08. The second-order valence-corrected chi connectivity index (χ2v) is 4.46. The topological polar surface area (TPSA) is 64.3 Å². The average molecular weight is 264 g/mol. The number of hydrogen-bond acceptors (Lipinski definition) is 3. The molecule has 1 aromatic rings. The molecule has 0 aromatic heterocycles. The van der Waals surface area contributed by atoms with E-state index in [1.807, 2.05) is 31.2 Å². The molecule has 0 unspecified atom stereocenters. The molecule has 19 heavy (non-hydrogen) atoms. The van der Waals surface area contributed by atoms with Crippen LogP contribution in [0.5, 0.6) is 5.75 Å². The van der Waals surface area contributed by atoms with Gasteiger partial charge in [-0.3, -0.25) is 4.79 Å². The van der Waals surface area contributed by atoms with Crippen LogP contribution in [0.25, 0.3) is 0 Å². The minimum atomic E-state index is 0.0568. The van der Waals surface area contributed by atoms with Gasteiger partial charge in [-0.2, -0.15) is 0 Å². The summed E-state index contributed by atoms with van der Waals surface area (Å²) in [7, 11) is 0. The van der Waals surface area contributed by atoms with E-state index in [1.165, 1.54) is 0 Å². The number of nitrogens with one attached hydrogen (secondary N) is 1. The van der Waals surface area contributed by atoms with Crippen molar-refractivity contribution < 1.29 is 9.53 Å². The Labute approximate surface area is 115 Å². The van der Waals surface area contributed by atoms with Crippen LogP contribution in [0.3, 0.4) is 0 Å². The molecule has 4 nitrogen and oxygen atoms in total. The van der Waals surface area contributed by atoms with Crippen molar-refractivity contribution in [3.05, 3.63) is 24.3 Å². The van der Waals surface area contributed by atoms with E-state index in [0.717, 1.165) is 43.7 Å². The van der Waals surface area contributed by atoms with Gasteiger partial charge in [0.1, 0.15) is 5.75 Å². The number of amides is 1. The number of benzene rings is 1. The highest BCUT2D eigenvalue weighted by Crippen LogP contribution is 2.17. The van der Waals surface area contributed by atoms with Gasteiger partial charge in [-0.25, -0.2) is 0 Å². The second-order valence-electron chi connectivity index (χ2n) is 4.46. The fourth-order valence-electron chi connectivity index (χ4n) is 1.84. The minimum Gasteiger partial charge on any atom is -0.494 e. The molecule has 3 N–H and O–H groups in total. The molecule has 106 valence electrons. The number of carbonyl (C=O) groups excluding carboxylic acids is 1. The van der Waals surface area contributed by atoms with Crippen LogP contribution in [0, 0.1) is 0 Å². The van der Waals surface area contributed by atoms with Crippen LogP contribution in [0.4, 0.5) is 5.69 Å². The summed E-state index contributed by atoms with van der Waals surface area (Å²) in [5.74, 6) is 0.838. The monoisotopic (exact) mass is 264 g/mol. The zero-order valence-electron chi connectivity index (χ0n) is 11.7. The Morgan fingerprint density at radius 3 is 2.79 bits per heavy atom. The number of ether oxygens (including phenoxy) is 1. The molecule has 0 aliphatic carbocycles. The Kier molecular flexibility index (Phi) is 7.66. The van der Waals surface area contributed by atoms with Crippen LogP contribution in [0.1, 0.15) is 39.0 Å². The molecule has 1 aromatic carbocycles. The van der Waals surface area contributed by atoms with Crippen molar-refractivity contribution >= 4 is 11.6 Å². The maximum atomic E-state index is 11.7. The fourth-order valence-corrected chi connectivity index (χ4v) is 1.84. The molecule has 0 saturated carbocycles. The molecule has 0 aliphatic heterocycles. The summed E-state index contributed by atoms with van der Waals surface area (Å²) in [4.78, 5) is 11.7. The van der Waals surface area contributed by atoms with E-state index >= 15 is 0 Å². The van der Waals surface area contributed by atoms with Crippen LogP contribution in [0.2, 0.25) is 0 Å². The lowest BCUT2D eigenvalue weighted by Crippen LogP contribution is -2.11. The van der Waals surface area contributed by atoms with Gasteiger partial charge in [0, 0.05) is 18.2 Å². The maximum absolute atomic E-state index is 11.7. The van der Waals surface area contributed by atoms with Crippen LogP contribution in [-0.4, -0.2) is 19.1 Å². The minimum absolute atomic E-state index is 0.0568. The molecule has 0 spiro atoms. The van der Waals surface area contributed by atoms with Crippen molar-refractivity contribution in [3.63, 3.8) is 0 Å². The lowest BCUT2D eigenvalue weighted by molar-refractivity contribution is -0.116. The van der Waals surface area contributed by atoms with Crippen molar-refractivity contribution in [3.8, 4) is 5.75 Å². The van der Waals surface area contributed by atoms with E-state index in [4.69, 9.17) is 10.5 Å². The molecule has 0 bridgehead atoms. The second kappa shape index (κ2) is 9.39. The van der Waals surface area contributed by atoms with Gasteiger partial charge in [-0.15, -0.1) is 0 Å². The number of unbranched alkanes of at least 4 members (excludes halogenated alkanes) is 3. The Balaban J connectivity index is 2.29. The summed E-state index contributed by atoms with van der Waals surface area (Å²) >= 11 is 0. The molecule has 1 amide bonds. The molecule has 4 heteroatoms. The van der Waals surface area contributed by atoms with Gasteiger partial charge in [0.05, 0.1) is 6.61 Å². The van der Waals surface area contributed by atoms with Crippen LogP contribution in [0.15, 0.2) is 24.3 Å². The van der Waals surface area contributed by atoms with Crippen LogP contribution >= 0.6 is 0 Å². The summed E-state index contributed by atoms with van der Waals surface area (Å²) in [5.41, 5.74) is 6.21. The van der Waals surface area contributed by atoms with Gasteiger partial charge >= 0.3 is 0 Å². The third-order valence-corrected chi connectivity index (χ3v) is 2.79. The van der Waals surface area contributed by atoms with Crippen molar-refractivity contribution in [2.24, 2.45) is 5.73 Å². The van der Waals surface area contributed by atoms with Crippen LogP contribution in [-0.2, 0) is 4.79 Å². The van der Waals surface area contributed by atoms with Gasteiger partial charge in [-0.1, -0.05) is 18.9 Å². The van der Waals surface area contributed by atoms with E-state index in [9.17, 15) is 4.79 Å². The van der Waals surface area contributed by atoms with Crippen molar-refractivity contribution in [1.82, 2.24) is 0 Å². The Morgan fingerprint density at radius 1 is 1.26 bits per heavy atom. The lowest BCUT2D eigenvalue weighted by atomic mass is 10.1. The quantitative estimate of drug-likeness (QED) is 0.674. The molecule has 0 heterocycles. The SMILES string of the molecule is CCOc1cccc(NC(=O)CCCCCCN)c1. The highest BCUT2D eigenvalue weighted by Gasteiger charge is 2.03. The first kappa shape index (κ1) is 15.5. The third kappa shape index (κ3) is 6.82. The summed E-state index contributed by atoms with van der Waals surface area (Å²) in [6.45, 7) is 3.29. The van der Waals surface area contributed by atoms with Gasteiger partial charge < -0.3 is 15.8 Å². The van der Waals surface area contributed by atoms with Gasteiger partial charge in [0.15, 0.2) is 0 Å². The smallest absolute Gasteiger partial charge is 0.224 e. The predicted octanol–water partition coefficient (Wildman–Crippen LogP) is 2.93. The highest BCUT2D eigenvalue weighted by atomic mass is 16.5. The number of nitrogens with two attached hydrogens (primary N) is 1. The molecular weight excluding hydrogens is 240 g/mol. The van der Waals surface area contributed by atoms with E-state index in [0.29, 0.717) is 13.0 Å². The standard InChI is InChI=1S/C15H24N2O2/c1-2-19-14-9-7-8-13(12-14)17-15(18)10-5-3-4-6-11-16/h7-9,12H,2-6,10-11,16H2,1H3,(H,17,18). The van der Waals surface area contributed by atoms with Crippen molar-refractivity contribution in [2.45, 2.75) is 39.0 Å². The van der Waals surface area contributed by atoms with E-state index in [2.05, 4.69) is 5.32 Å². The Bertz CT molecular complexity index is 380. The number of carbonyl (C=O) groups is 1. The highest BCUT2D eigenvalue weighted by molar-refractivity contribution is 5.90.